The molecule has 18 heavy (non-hydrogen) atoms. The first-order valence-electron chi connectivity index (χ1n) is 6.41. The highest BCUT2D eigenvalue weighted by atomic mass is 16.4. The summed E-state index contributed by atoms with van der Waals surface area (Å²) in [6.07, 6.45) is 7.30. The molecule has 4 atom stereocenters. The highest BCUT2D eigenvalue weighted by molar-refractivity contribution is 5.66. The summed E-state index contributed by atoms with van der Waals surface area (Å²) in [5, 5.41) is 28.0. The van der Waals surface area contributed by atoms with E-state index in [1.165, 1.54) is 0 Å². The SMILES string of the molecule is C=C[C@@H]1[C@@H](C/C=C\CCCC(=O)O)[C@@H](O)C[C@H]1O. The Labute approximate surface area is 108 Å². The van der Waals surface area contributed by atoms with Gasteiger partial charge in [-0.15, -0.1) is 6.58 Å². The lowest BCUT2D eigenvalue weighted by Crippen LogP contribution is -2.19. The summed E-state index contributed by atoms with van der Waals surface area (Å²) in [6, 6.07) is 0. The lowest BCUT2D eigenvalue weighted by molar-refractivity contribution is -0.137. The second kappa shape index (κ2) is 7.34. The topological polar surface area (TPSA) is 77.8 Å². The third-order valence-electron chi connectivity index (χ3n) is 3.52. The summed E-state index contributed by atoms with van der Waals surface area (Å²) in [5.41, 5.74) is 0. The van der Waals surface area contributed by atoms with E-state index in [-0.39, 0.29) is 18.3 Å². The van der Waals surface area contributed by atoms with Gasteiger partial charge in [-0.05, 0) is 25.2 Å². The van der Waals surface area contributed by atoms with Crippen LogP contribution in [0.5, 0.6) is 0 Å². The third-order valence-corrected chi connectivity index (χ3v) is 3.52. The van der Waals surface area contributed by atoms with Gasteiger partial charge in [-0.3, -0.25) is 4.79 Å². The zero-order valence-electron chi connectivity index (χ0n) is 10.5. The van der Waals surface area contributed by atoms with Crippen molar-refractivity contribution in [3.05, 3.63) is 24.8 Å². The van der Waals surface area contributed by atoms with Crippen LogP contribution in [0, 0.1) is 11.8 Å². The van der Waals surface area contributed by atoms with E-state index in [2.05, 4.69) is 6.58 Å². The number of aliphatic carboxylic acids is 1. The predicted octanol–water partition coefficient (Wildman–Crippen LogP) is 1.73. The van der Waals surface area contributed by atoms with Gasteiger partial charge in [0.25, 0.3) is 0 Å². The first-order chi connectivity index (χ1) is 8.56. The molecule has 0 aromatic rings. The standard InChI is InChI=1S/C14H22O4/c1-2-10-11(13(16)9-12(10)15)7-5-3-4-6-8-14(17)18/h2-3,5,10-13,15-16H,1,4,6-9H2,(H,17,18)/b5-3-/t10-,11-,12-,13+/m1/s1. The molecule has 0 radical (unpaired) electrons. The van der Waals surface area contributed by atoms with Crippen LogP contribution < -0.4 is 0 Å². The predicted molar refractivity (Wildman–Crippen MR) is 69.1 cm³/mol. The van der Waals surface area contributed by atoms with Gasteiger partial charge in [-0.25, -0.2) is 0 Å². The first-order valence-corrected chi connectivity index (χ1v) is 6.41. The Morgan fingerprint density at radius 3 is 2.61 bits per heavy atom. The second-order valence-electron chi connectivity index (χ2n) is 4.84. The number of carboxylic acids is 1. The van der Waals surface area contributed by atoms with Gasteiger partial charge in [0.2, 0.25) is 0 Å². The molecule has 0 aromatic carbocycles. The molecule has 4 heteroatoms. The number of unbranched alkanes of at least 4 members (excludes halogenated alkanes) is 1. The van der Waals surface area contributed by atoms with Crippen molar-refractivity contribution in [3.63, 3.8) is 0 Å². The van der Waals surface area contributed by atoms with Gasteiger partial charge < -0.3 is 15.3 Å². The normalized spacial score (nSPS) is 31.9. The van der Waals surface area contributed by atoms with E-state index in [0.29, 0.717) is 19.3 Å². The fraction of sp³-hybridized carbons (Fsp3) is 0.643. The van der Waals surface area contributed by atoms with Crippen molar-refractivity contribution >= 4 is 5.97 Å². The van der Waals surface area contributed by atoms with Gasteiger partial charge in [0.15, 0.2) is 0 Å². The average molecular weight is 254 g/mol. The van der Waals surface area contributed by atoms with Crippen molar-refractivity contribution in [2.45, 2.75) is 44.3 Å². The van der Waals surface area contributed by atoms with Crippen molar-refractivity contribution in [1.29, 1.82) is 0 Å². The van der Waals surface area contributed by atoms with Crippen LogP contribution in [-0.4, -0.2) is 33.5 Å². The Kier molecular flexibility index (Phi) is 6.09. The minimum atomic E-state index is -0.774. The van der Waals surface area contributed by atoms with Crippen LogP contribution in [0.25, 0.3) is 0 Å². The Balaban J connectivity index is 2.31. The summed E-state index contributed by atoms with van der Waals surface area (Å²) in [6.45, 7) is 3.69. The highest BCUT2D eigenvalue weighted by Gasteiger charge is 2.38. The van der Waals surface area contributed by atoms with Gasteiger partial charge in [0.1, 0.15) is 0 Å². The van der Waals surface area contributed by atoms with Crippen LogP contribution in [0.4, 0.5) is 0 Å². The van der Waals surface area contributed by atoms with E-state index in [1.807, 2.05) is 12.2 Å². The first kappa shape index (κ1) is 14.9. The maximum atomic E-state index is 10.3. The van der Waals surface area contributed by atoms with E-state index in [4.69, 9.17) is 5.11 Å². The molecule has 1 rings (SSSR count). The average Bonchev–Trinajstić information content (AvgIpc) is 2.57. The molecule has 0 bridgehead atoms. The monoisotopic (exact) mass is 254 g/mol. The Morgan fingerprint density at radius 1 is 1.28 bits per heavy atom. The number of allylic oxidation sites excluding steroid dienone is 2. The molecule has 1 aliphatic carbocycles. The van der Waals surface area contributed by atoms with Gasteiger partial charge in [-0.1, -0.05) is 18.2 Å². The number of hydrogen-bond donors (Lipinski definition) is 3. The fourth-order valence-electron chi connectivity index (χ4n) is 2.51. The summed E-state index contributed by atoms with van der Waals surface area (Å²) in [5.74, 6) is -0.804. The van der Waals surface area contributed by atoms with Gasteiger partial charge in [0.05, 0.1) is 12.2 Å². The minimum absolute atomic E-state index is 0.0215. The molecular weight excluding hydrogens is 232 g/mol. The number of aliphatic hydroxyl groups is 2. The molecule has 3 N–H and O–H groups in total. The molecule has 0 amide bonds. The molecule has 1 aliphatic rings. The zero-order chi connectivity index (χ0) is 13.5. The van der Waals surface area contributed by atoms with Crippen molar-refractivity contribution in [2.24, 2.45) is 11.8 Å². The minimum Gasteiger partial charge on any atom is -0.481 e. The highest BCUT2D eigenvalue weighted by Crippen LogP contribution is 2.35. The number of hydrogen-bond acceptors (Lipinski definition) is 3. The summed E-state index contributed by atoms with van der Waals surface area (Å²) >= 11 is 0. The Hall–Kier alpha value is -1.13. The number of rotatable bonds is 7. The van der Waals surface area contributed by atoms with E-state index >= 15 is 0 Å². The second-order valence-corrected chi connectivity index (χ2v) is 4.84. The van der Waals surface area contributed by atoms with Crippen LogP contribution in [0.3, 0.4) is 0 Å². The van der Waals surface area contributed by atoms with Crippen LogP contribution in [-0.2, 0) is 4.79 Å². The molecule has 102 valence electrons. The molecule has 4 nitrogen and oxygen atoms in total. The largest absolute Gasteiger partial charge is 0.481 e. The van der Waals surface area contributed by atoms with E-state index in [0.717, 1.165) is 6.42 Å². The van der Waals surface area contributed by atoms with Crippen LogP contribution in [0.1, 0.15) is 32.1 Å². The lowest BCUT2D eigenvalue weighted by Gasteiger charge is -2.18. The summed E-state index contributed by atoms with van der Waals surface area (Å²) < 4.78 is 0. The maximum Gasteiger partial charge on any atom is 0.303 e. The van der Waals surface area contributed by atoms with E-state index in [9.17, 15) is 15.0 Å². The number of aliphatic hydroxyl groups excluding tert-OH is 2. The molecule has 0 aromatic heterocycles. The quantitative estimate of drug-likeness (QED) is 0.477. The Bertz CT molecular complexity index is 311. The van der Waals surface area contributed by atoms with Gasteiger partial charge in [-0.2, -0.15) is 0 Å². The molecule has 0 heterocycles. The molecule has 0 saturated heterocycles. The van der Waals surface area contributed by atoms with Crippen LogP contribution >= 0.6 is 0 Å². The molecule has 0 spiro atoms. The number of carboxylic acid groups (broad SMARTS) is 1. The Morgan fingerprint density at radius 2 is 2.00 bits per heavy atom. The summed E-state index contributed by atoms with van der Waals surface area (Å²) in [7, 11) is 0. The molecule has 1 fully saturated rings. The van der Waals surface area contributed by atoms with E-state index < -0.39 is 18.2 Å². The zero-order valence-corrected chi connectivity index (χ0v) is 10.5. The molecule has 1 saturated carbocycles. The summed E-state index contributed by atoms with van der Waals surface area (Å²) in [4.78, 5) is 10.3. The number of carbonyl (C=O) groups is 1. The van der Waals surface area contributed by atoms with Gasteiger partial charge >= 0.3 is 5.97 Å². The maximum absolute atomic E-state index is 10.3. The molecule has 0 unspecified atom stereocenters. The molecule has 0 aliphatic heterocycles. The lowest BCUT2D eigenvalue weighted by atomic mass is 9.90. The molecular formula is C14H22O4. The van der Waals surface area contributed by atoms with Crippen LogP contribution in [0.2, 0.25) is 0 Å². The van der Waals surface area contributed by atoms with E-state index in [1.54, 1.807) is 6.08 Å². The van der Waals surface area contributed by atoms with Crippen molar-refractivity contribution < 1.29 is 20.1 Å². The van der Waals surface area contributed by atoms with Gasteiger partial charge in [0, 0.05) is 18.8 Å². The van der Waals surface area contributed by atoms with Crippen molar-refractivity contribution in [2.75, 3.05) is 0 Å². The van der Waals surface area contributed by atoms with Crippen molar-refractivity contribution in [1.82, 2.24) is 0 Å². The fourth-order valence-corrected chi connectivity index (χ4v) is 2.51. The third kappa shape index (κ3) is 4.27. The van der Waals surface area contributed by atoms with Crippen molar-refractivity contribution in [3.8, 4) is 0 Å². The van der Waals surface area contributed by atoms with Crippen LogP contribution in [0.15, 0.2) is 24.8 Å². The smallest absolute Gasteiger partial charge is 0.303 e.